The summed E-state index contributed by atoms with van der Waals surface area (Å²) in [6, 6.07) is 16.8. The van der Waals surface area contributed by atoms with Crippen molar-refractivity contribution in [2.75, 3.05) is 18.0 Å². The molecule has 2 bridgehead atoms. The molecule has 37 heavy (non-hydrogen) atoms. The van der Waals surface area contributed by atoms with Crippen molar-refractivity contribution in [1.29, 1.82) is 0 Å². The highest BCUT2D eigenvalue weighted by Gasteiger charge is 2.35. The molecule has 1 saturated heterocycles. The van der Waals surface area contributed by atoms with Crippen molar-refractivity contribution in [3.8, 4) is 0 Å². The highest BCUT2D eigenvalue weighted by molar-refractivity contribution is 7.09. The number of aryl methyl sites for hydroxylation is 1. The molecule has 194 valence electrons. The Morgan fingerprint density at radius 1 is 1.03 bits per heavy atom. The van der Waals surface area contributed by atoms with Gasteiger partial charge in [0.25, 0.3) is 0 Å². The van der Waals surface area contributed by atoms with Crippen LogP contribution in [-0.4, -0.2) is 51.8 Å². The molecule has 0 aliphatic carbocycles. The lowest BCUT2D eigenvalue weighted by Gasteiger charge is -2.43. The van der Waals surface area contributed by atoms with Crippen LogP contribution in [-0.2, 0) is 29.1 Å². The summed E-state index contributed by atoms with van der Waals surface area (Å²) in [5.74, 6) is 0.178. The van der Waals surface area contributed by atoms with Crippen molar-refractivity contribution in [3.05, 3.63) is 81.8 Å². The topological polar surface area (TPSA) is 56.8 Å². The summed E-state index contributed by atoms with van der Waals surface area (Å²) in [6.45, 7) is 6.36. The summed E-state index contributed by atoms with van der Waals surface area (Å²) in [7, 11) is 0. The molecule has 0 saturated carbocycles. The van der Waals surface area contributed by atoms with Crippen molar-refractivity contribution >= 4 is 28.8 Å². The summed E-state index contributed by atoms with van der Waals surface area (Å²) < 4.78 is 0. The van der Waals surface area contributed by atoms with Crippen molar-refractivity contribution in [2.24, 2.45) is 0 Å². The fourth-order valence-corrected chi connectivity index (χ4v) is 6.53. The number of aromatic nitrogens is 1. The van der Waals surface area contributed by atoms with Gasteiger partial charge < -0.3 is 9.80 Å². The second-order valence-corrected chi connectivity index (χ2v) is 11.3. The zero-order valence-electron chi connectivity index (χ0n) is 21.8. The molecule has 2 aromatic carbocycles. The Morgan fingerprint density at radius 2 is 1.81 bits per heavy atom. The van der Waals surface area contributed by atoms with Crippen LogP contribution >= 0.6 is 11.3 Å². The number of piperidine rings is 1. The van der Waals surface area contributed by atoms with Gasteiger partial charge in [-0.3, -0.25) is 14.5 Å². The maximum atomic E-state index is 13.9. The summed E-state index contributed by atoms with van der Waals surface area (Å²) in [6.07, 6.45) is 6.46. The Kier molecular flexibility index (Phi) is 8.01. The van der Waals surface area contributed by atoms with Gasteiger partial charge in [0.15, 0.2) is 0 Å². The first-order chi connectivity index (χ1) is 18.0. The third kappa shape index (κ3) is 5.94. The van der Waals surface area contributed by atoms with Gasteiger partial charge in [0.2, 0.25) is 11.8 Å². The zero-order valence-corrected chi connectivity index (χ0v) is 22.6. The van der Waals surface area contributed by atoms with Gasteiger partial charge in [-0.2, -0.15) is 0 Å². The van der Waals surface area contributed by atoms with E-state index in [9.17, 15) is 9.59 Å². The first kappa shape index (κ1) is 25.6. The molecule has 6 nitrogen and oxygen atoms in total. The molecule has 1 fully saturated rings. The second kappa shape index (κ2) is 11.6. The third-order valence-electron chi connectivity index (χ3n) is 7.91. The van der Waals surface area contributed by atoms with Gasteiger partial charge in [0, 0.05) is 55.9 Å². The summed E-state index contributed by atoms with van der Waals surface area (Å²) >= 11 is 1.69. The number of fused-ring (bicyclic) bond motifs is 3. The predicted molar refractivity (Wildman–Crippen MR) is 148 cm³/mol. The highest BCUT2D eigenvalue weighted by atomic mass is 32.1. The van der Waals surface area contributed by atoms with E-state index >= 15 is 0 Å². The minimum absolute atomic E-state index is 0.0447. The summed E-state index contributed by atoms with van der Waals surface area (Å²) in [5, 5.41) is 3.14. The molecule has 3 heterocycles. The van der Waals surface area contributed by atoms with Crippen molar-refractivity contribution in [3.63, 3.8) is 0 Å². The Morgan fingerprint density at radius 3 is 2.59 bits per heavy atom. The van der Waals surface area contributed by atoms with Crippen LogP contribution in [0.3, 0.4) is 0 Å². The lowest BCUT2D eigenvalue weighted by molar-refractivity contribution is -0.132. The molecule has 3 aromatic rings. The van der Waals surface area contributed by atoms with Crippen LogP contribution in [0.2, 0.25) is 0 Å². The number of thiazole rings is 1. The number of rotatable bonds is 4. The molecule has 5 rings (SSSR count). The number of anilines is 1. The standard InChI is InChI=1S/C30H36N4O2S/c1-22-8-3-4-9-24(22)18-30(36)32-19-25-10-5-6-13-28(25)33(23(2)35)16-14-26-11-7-12-27(20-32)34(26)21-29-31-15-17-37-29/h3-6,8-10,13,15,17,26-27H,7,11-12,14,16,18-21H2,1-2H3. The van der Waals surface area contributed by atoms with Crippen molar-refractivity contribution < 1.29 is 9.59 Å². The van der Waals surface area contributed by atoms with Crippen LogP contribution in [0, 0.1) is 6.92 Å². The van der Waals surface area contributed by atoms with Crippen LogP contribution in [0.4, 0.5) is 5.69 Å². The second-order valence-electron chi connectivity index (χ2n) is 10.3. The van der Waals surface area contributed by atoms with Gasteiger partial charge >= 0.3 is 0 Å². The van der Waals surface area contributed by atoms with E-state index in [2.05, 4.69) is 35.0 Å². The van der Waals surface area contributed by atoms with E-state index in [0.29, 0.717) is 32.1 Å². The molecule has 7 heteroatoms. The third-order valence-corrected chi connectivity index (χ3v) is 8.67. The number of amides is 2. The molecule has 2 unspecified atom stereocenters. The quantitative estimate of drug-likeness (QED) is 0.478. The zero-order chi connectivity index (χ0) is 25.8. The number of nitrogens with zero attached hydrogens (tertiary/aromatic N) is 4. The molecular weight excluding hydrogens is 480 g/mol. The Hall–Kier alpha value is -3.03. The van der Waals surface area contributed by atoms with E-state index in [1.54, 1.807) is 18.3 Å². The monoisotopic (exact) mass is 516 g/mol. The van der Waals surface area contributed by atoms with E-state index in [1.807, 2.05) is 51.7 Å². The summed E-state index contributed by atoms with van der Waals surface area (Å²) in [5.41, 5.74) is 4.16. The molecule has 0 N–H and O–H groups in total. The van der Waals surface area contributed by atoms with Gasteiger partial charge in [-0.15, -0.1) is 11.3 Å². The maximum absolute atomic E-state index is 13.9. The van der Waals surface area contributed by atoms with E-state index in [0.717, 1.165) is 59.6 Å². The van der Waals surface area contributed by atoms with E-state index in [1.165, 1.54) is 0 Å². The molecule has 0 radical (unpaired) electrons. The number of hydrogen-bond donors (Lipinski definition) is 0. The SMILES string of the molecule is CC(=O)N1CCC2CCCC(CN(C(=O)Cc3ccccc3C)Cc3ccccc31)N2Cc1nccs1. The fourth-order valence-electron chi connectivity index (χ4n) is 5.90. The largest absolute Gasteiger partial charge is 0.336 e. The highest BCUT2D eigenvalue weighted by Crippen LogP contribution is 2.32. The van der Waals surface area contributed by atoms with Crippen LogP contribution in [0.15, 0.2) is 60.1 Å². The number of benzene rings is 2. The fraction of sp³-hybridized carbons (Fsp3) is 0.433. The van der Waals surface area contributed by atoms with Crippen molar-refractivity contribution in [2.45, 2.75) is 71.1 Å². The number of carbonyl (C=O) groups is 2. The van der Waals surface area contributed by atoms with Gasteiger partial charge in [0.1, 0.15) is 5.01 Å². The van der Waals surface area contributed by atoms with Crippen LogP contribution in [0.25, 0.3) is 0 Å². The summed E-state index contributed by atoms with van der Waals surface area (Å²) in [4.78, 5) is 37.8. The lowest BCUT2D eigenvalue weighted by atomic mass is 9.92. The minimum Gasteiger partial charge on any atom is -0.336 e. The van der Waals surface area contributed by atoms with E-state index in [4.69, 9.17) is 0 Å². The molecule has 2 aliphatic heterocycles. The Labute approximate surface area is 223 Å². The predicted octanol–water partition coefficient (Wildman–Crippen LogP) is 5.20. The van der Waals surface area contributed by atoms with Crippen LogP contribution < -0.4 is 4.90 Å². The first-order valence-electron chi connectivity index (χ1n) is 13.3. The normalized spacial score (nSPS) is 20.7. The molecule has 2 aliphatic rings. The average Bonchev–Trinajstić information content (AvgIpc) is 3.40. The maximum Gasteiger partial charge on any atom is 0.227 e. The average molecular weight is 517 g/mol. The van der Waals surface area contributed by atoms with Crippen molar-refractivity contribution in [1.82, 2.24) is 14.8 Å². The van der Waals surface area contributed by atoms with Gasteiger partial charge in [0.05, 0.1) is 13.0 Å². The van der Waals surface area contributed by atoms with E-state index < -0.39 is 0 Å². The Bertz CT molecular complexity index is 1230. The molecule has 2 atom stereocenters. The molecular formula is C30H36N4O2S. The smallest absolute Gasteiger partial charge is 0.227 e. The number of para-hydroxylation sites is 1. The van der Waals surface area contributed by atoms with Gasteiger partial charge in [-0.25, -0.2) is 4.98 Å². The van der Waals surface area contributed by atoms with Crippen LogP contribution in [0.5, 0.6) is 0 Å². The van der Waals surface area contributed by atoms with Gasteiger partial charge in [-0.05, 0) is 48.9 Å². The minimum atomic E-state index is 0.0447. The lowest BCUT2D eigenvalue weighted by Crippen LogP contribution is -2.52. The molecule has 0 spiro atoms. The number of carbonyl (C=O) groups excluding carboxylic acids is 2. The molecule has 1 aromatic heterocycles. The van der Waals surface area contributed by atoms with Gasteiger partial charge in [-0.1, -0.05) is 48.9 Å². The first-order valence-corrected chi connectivity index (χ1v) is 14.2. The molecule has 2 amide bonds. The Balaban J connectivity index is 1.52. The number of hydrogen-bond acceptors (Lipinski definition) is 5. The van der Waals surface area contributed by atoms with E-state index in [-0.39, 0.29) is 17.9 Å². The van der Waals surface area contributed by atoms with Crippen LogP contribution in [0.1, 0.15) is 54.3 Å².